The second-order valence-corrected chi connectivity index (χ2v) is 4.72. The molecule has 86 valence electrons. The Kier molecular flexibility index (Phi) is 4.82. The van der Waals surface area contributed by atoms with Crippen LogP contribution in [0.5, 0.6) is 0 Å². The van der Waals surface area contributed by atoms with Gasteiger partial charge in [0.1, 0.15) is 0 Å². The lowest BCUT2D eigenvalue weighted by Crippen LogP contribution is -2.23. The van der Waals surface area contributed by atoms with Gasteiger partial charge < -0.3 is 4.90 Å². The first-order valence-corrected chi connectivity index (χ1v) is 6.47. The summed E-state index contributed by atoms with van der Waals surface area (Å²) in [5.74, 6) is 0.0566. The van der Waals surface area contributed by atoms with Crippen LogP contribution in [0.2, 0.25) is 0 Å². The molecule has 0 bridgehead atoms. The van der Waals surface area contributed by atoms with Gasteiger partial charge in [0.15, 0.2) is 0 Å². The highest BCUT2D eigenvalue weighted by Crippen LogP contribution is 2.20. The topological polar surface area (TPSA) is 27.0 Å². The van der Waals surface area contributed by atoms with Crippen LogP contribution in [0.4, 0.5) is 5.69 Å². The van der Waals surface area contributed by atoms with E-state index in [1.54, 1.807) is 0 Å². The van der Waals surface area contributed by atoms with E-state index >= 15 is 0 Å². The van der Waals surface area contributed by atoms with Crippen molar-refractivity contribution in [1.82, 2.24) is 0 Å². The zero-order valence-corrected chi connectivity index (χ0v) is 11.6. The zero-order chi connectivity index (χ0) is 12.1. The Hall–Kier alpha value is -1.01. The highest BCUT2D eigenvalue weighted by Gasteiger charge is 2.07. The first-order valence-electron chi connectivity index (χ1n) is 5.34. The average Bonchev–Trinajstić information content (AvgIpc) is 2.28. The molecule has 0 heterocycles. The summed E-state index contributed by atoms with van der Waals surface area (Å²) < 4.78 is 0. The van der Waals surface area contributed by atoms with Gasteiger partial charge in [-0.3, -0.25) is 0 Å². The minimum atomic E-state index is 0.0566. The molecule has 1 aromatic rings. The second kappa shape index (κ2) is 5.91. The molecule has 1 rings (SSSR count). The molecule has 0 aromatic heterocycles. The molecule has 1 atom stereocenters. The fourth-order valence-electron chi connectivity index (χ4n) is 1.62. The van der Waals surface area contributed by atoms with Crippen molar-refractivity contribution in [1.29, 1.82) is 5.26 Å². The number of anilines is 1. The van der Waals surface area contributed by atoms with Gasteiger partial charge in [0.05, 0.1) is 12.0 Å². The Balaban J connectivity index is 2.81. The number of halogens is 1. The van der Waals surface area contributed by atoms with Crippen LogP contribution >= 0.6 is 15.9 Å². The van der Waals surface area contributed by atoms with Gasteiger partial charge in [-0.05, 0) is 37.1 Å². The van der Waals surface area contributed by atoms with Crippen LogP contribution in [-0.4, -0.2) is 13.6 Å². The molecule has 2 nitrogen and oxygen atoms in total. The molecule has 1 aromatic carbocycles. The van der Waals surface area contributed by atoms with Gasteiger partial charge in [-0.1, -0.05) is 22.0 Å². The fraction of sp³-hybridized carbons (Fsp3) is 0.462. The smallest absolute Gasteiger partial charge is 0.0671 e. The third kappa shape index (κ3) is 3.24. The van der Waals surface area contributed by atoms with E-state index in [0.29, 0.717) is 0 Å². The summed E-state index contributed by atoms with van der Waals surface area (Å²) in [4.78, 5) is 2.12. The van der Waals surface area contributed by atoms with Gasteiger partial charge in [0.2, 0.25) is 0 Å². The molecule has 0 saturated heterocycles. The van der Waals surface area contributed by atoms with Crippen molar-refractivity contribution in [2.24, 2.45) is 5.92 Å². The molecule has 0 spiro atoms. The molecule has 0 amide bonds. The minimum Gasteiger partial charge on any atom is -0.373 e. The van der Waals surface area contributed by atoms with Crippen LogP contribution in [0.1, 0.15) is 18.1 Å². The number of alkyl halides is 1. The van der Waals surface area contributed by atoms with Crippen molar-refractivity contribution >= 4 is 21.6 Å². The second-order valence-electron chi connectivity index (χ2n) is 4.16. The highest BCUT2D eigenvalue weighted by molar-refractivity contribution is 9.08. The Morgan fingerprint density at radius 2 is 2.19 bits per heavy atom. The molecular weight excluding hydrogens is 264 g/mol. The van der Waals surface area contributed by atoms with Crippen molar-refractivity contribution in [2.75, 3.05) is 18.5 Å². The van der Waals surface area contributed by atoms with Gasteiger partial charge in [0.25, 0.3) is 0 Å². The first kappa shape index (κ1) is 13.1. The van der Waals surface area contributed by atoms with Gasteiger partial charge >= 0.3 is 0 Å². The van der Waals surface area contributed by atoms with E-state index in [-0.39, 0.29) is 5.92 Å². The zero-order valence-electron chi connectivity index (χ0n) is 10.00. The van der Waals surface area contributed by atoms with Gasteiger partial charge in [0, 0.05) is 24.6 Å². The van der Waals surface area contributed by atoms with Crippen molar-refractivity contribution in [2.45, 2.75) is 19.2 Å². The maximum absolute atomic E-state index is 8.78. The predicted octanol–water partition coefficient (Wildman–Crippen LogP) is 3.49. The number of aryl methyl sites for hydroxylation is 1. The Morgan fingerprint density at radius 3 is 2.69 bits per heavy atom. The molecule has 3 heteroatoms. The number of hydrogen-bond acceptors (Lipinski definition) is 2. The maximum Gasteiger partial charge on any atom is 0.0671 e. The normalized spacial score (nSPS) is 11.9. The van der Waals surface area contributed by atoms with Crippen molar-refractivity contribution < 1.29 is 0 Å². The van der Waals surface area contributed by atoms with Crippen LogP contribution in [-0.2, 0) is 5.33 Å². The fourth-order valence-corrected chi connectivity index (χ4v) is 2.25. The third-order valence-electron chi connectivity index (χ3n) is 2.68. The summed E-state index contributed by atoms with van der Waals surface area (Å²) in [6.45, 7) is 4.82. The number of nitriles is 1. The molecule has 16 heavy (non-hydrogen) atoms. The van der Waals surface area contributed by atoms with Crippen molar-refractivity contribution in [3.63, 3.8) is 0 Å². The number of benzene rings is 1. The summed E-state index contributed by atoms with van der Waals surface area (Å²) in [5, 5.41) is 9.67. The predicted molar refractivity (Wildman–Crippen MR) is 71.9 cm³/mol. The lowest BCUT2D eigenvalue weighted by Gasteiger charge is -2.21. The molecule has 0 N–H and O–H groups in total. The van der Waals surface area contributed by atoms with Crippen LogP contribution in [0.15, 0.2) is 18.2 Å². The van der Waals surface area contributed by atoms with Crippen LogP contribution in [0, 0.1) is 24.2 Å². The minimum absolute atomic E-state index is 0.0566. The van der Waals surface area contributed by atoms with E-state index in [1.807, 2.05) is 14.0 Å². The first-order chi connectivity index (χ1) is 7.58. The highest BCUT2D eigenvalue weighted by atomic mass is 79.9. The lowest BCUT2D eigenvalue weighted by atomic mass is 10.1. The van der Waals surface area contributed by atoms with E-state index in [0.717, 1.165) is 11.9 Å². The van der Waals surface area contributed by atoms with E-state index < -0.39 is 0 Å². The summed E-state index contributed by atoms with van der Waals surface area (Å²) in [6.07, 6.45) is 0. The Bertz CT molecular complexity index is 395. The van der Waals surface area contributed by atoms with E-state index in [1.165, 1.54) is 16.8 Å². The van der Waals surface area contributed by atoms with Crippen LogP contribution in [0.3, 0.4) is 0 Å². The standard InChI is InChI=1S/C13H17BrN2/c1-10(8-15)9-16(3)13-5-4-12(7-14)11(2)6-13/h4-6,10H,7,9H2,1-3H3. The SMILES string of the molecule is Cc1cc(N(C)CC(C)C#N)ccc1CBr. The largest absolute Gasteiger partial charge is 0.373 e. The number of hydrogen-bond donors (Lipinski definition) is 0. The summed E-state index contributed by atoms with van der Waals surface area (Å²) in [5.41, 5.74) is 3.76. The molecule has 0 fully saturated rings. The Morgan fingerprint density at radius 1 is 1.50 bits per heavy atom. The summed E-state index contributed by atoms with van der Waals surface area (Å²) in [6, 6.07) is 8.66. The van der Waals surface area contributed by atoms with Gasteiger partial charge in [-0.2, -0.15) is 5.26 Å². The van der Waals surface area contributed by atoms with Crippen molar-refractivity contribution in [3.8, 4) is 6.07 Å². The van der Waals surface area contributed by atoms with Gasteiger partial charge in [-0.15, -0.1) is 0 Å². The molecule has 0 aliphatic heterocycles. The molecule has 0 saturated carbocycles. The summed E-state index contributed by atoms with van der Waals surface area (Å²) in [7, 11) is 2.02. The quantitative estimate of drug-likeness (QED) is 0.790. The van der Waals surface area contributed by atoms with E-state index in [2.05, 4.69) is 52.0 Å². The molecule has 0 aliphatic rings. The monoisotopic (exact) mass is 280 g/mol. The van der Waals surface area contributed by atoms with E-state index in [4.69, 9.17) is 5.26 Å². The molecular formula is C13H17BrN2. The van der Waals surface area contributed by atoms with Crippen LogP contribution < -0.4 is 4.90 Å². The molecule has 0 aliphatic carbocycles. The number of nitrogens with zero attached hydrogens (tertiary/aromatic N) is 2. The van der Waals surface area contributed by atoms with Gasteiger partial charge in [-0.25, -0.2) is 0 Å². The maximum atomic E-state index is 8.78. The van der Waals surface area contributed by atoms with E-state index in [9.17, 15) is 0 Å². The molecule has 0 radical (unpaired) electrons. The van der Waals surface area contributed by atoms with Crippen molar-refractivity contribution in [3.05, 3.63) is 29.3 Å². The summed E-state index contributed by atoms with van der Waals surface area (Å²) >= 11 is 3.46. The van der Waals surface area contributed by atoms with Crippen LogP contribution in [0.25, 0.3) is 0 Å². The third-order valence-corrected chi connectivity index (χ3v) is 3.28. The Labute approximate surface area is 106 Å². The number of rotatable bonds is 4. The average molecular weight is 281 g/mol. The molecule has 1 unspecified atom stereocenters. The lowest BCUT2D eigenvalue weighted by molar-refractivity contribution is 0.716.